The van der Waals surface area contributed by atoms with Gasteiger partial charge in [0.1, 0.15) is 5.76 Å². The molecular weight excluding hydrogens is 248 g/mol. The van der Waals surface area contributed by atoms with Gasteiger partial charge in [0.05, 0.1) is 0 Å². The standard InChI is InChI=1S/C14H20O3S/c1-3-4-13(16)17-12-8-10(7-11(15)9-12)14(18-2)5-6-14/h9-10H,3-8H2,1-2H3. The van der Waals surface area contributed by atoms with E-state index in [1.165, 1.54) is 18.9 Å². The van der Waals surface area contributed by atoms with Crippen LogP contribution in [0.3, 0.4) is 0 Å². The van der Waals surface area contributed by atoms with Crippen molar-refractivity contribution in [3.8, 4) is 0 Å². The van der Waals surface area contributed by atoms with E-state index in [4.69, 9.17) is 4.74 Å². The molecule has 0 heterocycles. The number of hydrogen-bond donors (Lipinski definition) is 0. The molecule has 1 atom stereocenters. The van der Waals surface area contributed by atoms with Crippen molar-refractivity contribution in [1.82, 2.24) is 0 Å². The van der Waals surface area contributed by atoms with Crippen molar-refractivity contribution in [3.05, 3.63) is 11.8 Å². The fourth-order valence-corrected chi connectivity index (χ4v) is 3.61. The summed E-state index contributed by atoms with van der Waals surface area (Å²) < 4.78 is 5.56. The summed E-state index contributed by atoms with van der Waals surface area (Å²) in [5.41, 5.74) is 0. The van der Waals surface area contributed by atoms with Gasteiger partial charge in [-0.1, -0.05) is 6.92 Å². The minimum absolute atomic E-state index is 0.103. The van der Waals surface area contributed by atoms with Crippen LogP contribution in [0.4, 0.5) is 0 Å². The Hall–Kier alpha value is -0.770. The molecule has 0 spiro atoms. The summed E-state index contributed by atoms with van der Waals surface area (Å²) >= 11 is 1.86. The first-order chi connectivity index (χ1) is 8.59. The lowest BCUT2D eigenvalue weighted by atomic mass is 9.87. The maximum Gasteiger partial charge on any atom is 0.310 e. The number of thioether (sulfide) groups is 1. The lowest BCUT2D eigenvalue weighted by molar-refractivity contribution is -0.140. The zero-order valence-electron chi connectivity index (χ0n) is 11.0. The van der Waals surface area contributed by atoms with Crippen LogP contribution in [0.5, 0.6) is 0 Å². The fraction of sp³-hybridized carbons (Fsp3) is 0.714. The van der Waals surface area contributed by atoms with Crippen molar-refractivity contribution in [2.75, 3.05) is 6.26 Å². The zero-order valence-corrected chi connectivity index (χ0v) is 11.8. The molecule has 2 rings (SSSR count). The topological polar surface area (TPSA) is 43.4 Å². The van der Waals surface area contributed by atoms with Gasteiger partial charge in [0.25, 0.3) is 0 Å². The molecule has 1 fully saturated rings. The van der Waals surface area contributed by atoms with Gasteiger partial charge in [0.2, 0.25) is 0 Å². The smallest absolute Gasteiger partial charge is 0.310 e. The first kappa shape index (κ1) is 13.7. The highest BCUT2D eigenvalue weighted by molar-refractivity contribution is 8.00. The minimum atomic E-state index is -0.216. The Bertz CT molecular complexity index is 383. The summed E-state index contributed by atoms with van der Waals surface area (Å²) in [6, 6.07) is 0. The highest BCUT2D eigenvalue weighted by atomic mass is 32.2. The normalized spacial score (nSPS) is 25.6. The average Bonchev–Trinajstić information content (AvgIpc) is 3.09. The van der Waals surface area contributed by atoms with Crippen molar-refractivity contribution < 1.29 is 14.3 Å². The van der Waals surface area contributed by atoms with Crippen molar-refractivity contribution in [2.45, 2.75) is 50.2 Å². The highest BCUT2D eigenvalue weighted by Gasteiger charge is 2.50. The molecule has 1 unspecified atom stereocenters. The molecule has 100 valence electrons. The van der Waals surface area contributed by atoms with Crippen LogP contribution >= 0.6 is 11.8 Å². The second-order valence-electron chi connectivity index (χ2n) is 5.18. The summed E-state index contributed by atoms with van der Waals surface area (Å²) in [4.78, 5) is 23.2. The molecule has 1 saturated carbocycles. The molecule has 0 saturated heterocycles. The average molecular weight is 268 g/mol. The number of carbonyl (C=O) groups is 2. The summed E-state index contributed by atoms with van der Waals surface area (Å²) in [5.74, 6) is 0.807. The molecule has 0 aromatic rings. The van der Waals surface area contributed by atoms with Crippen molar-refractivity contribution in [1.29, 1.82) is 0 Å². The molecule has 0 bridgehead atoms. The third-order valence-corrected chi connectivity index (χ3v) is 5.36. The Morgan fingerprint density at radius 2 is 2.22 bits per heavy atom. The van der Waals surface area contributed by atoms with E-state index in [-0.39, 0.29) is 16.5 Å². The van der Waals surface area contributed by atoms with Crippen molar-refractivity contribution in [2.24, 2.45) is 5.92 Å². The van der Waals surface area contributed by atoms with E-state index in [1.54, 1.807) is 0 Å². The third-order valence-electron chi connectivity index (χ3n) is 3.81. The number of carbonyl (C=O) groups excluding carboxylic acids is 2. The first-order valence-corrected chi connectivity index (χ1v) is 7.81. The number of rotatable bonds is 5. The minimum Gasteiger partial charge on any atom is -0.431 e. The summed E-state index contributed by atoms with van der Waals surface area (Å²) in [6.45, 7) is 1.94. The van der Waals surface area contributed by atoms with Crippen molar-refractivity contribution in [3.63, 3.8) is 0 Å². The van der Waals surface area contributed by atoms with Crippen molar-refractivity contribution >= 4 is 23.5 Å². The number of ketones is 1. The van der Waals surface area contributed by atoms with Crippen LogP contribution in [0.15, 0.2) is 11.8 Å². The van der Waals surface area contributed by atoms with Crippen LogP contribution in [0.1, 0.15) is 45.4 Å². The molecule has 2 aliphatic rings. The second kappa shape index (κ2) is 5.47. The molecule has 0 amide bonds. The van der Waals surface area contributed by atoms with E-state index in [2.05, 4.69) is 6.26 Å². The second-order valence-corrected chi connectivity index (χ2v) is 6.40. The number of allylic oxidation sites excluding steroid dienone is 2. The Labute approximate surface area is 112 Å². The van der Waals surface area contributed by atoms with Gasteiger partial charge in [-0.15, -0.1) is 0 Å². The largest absolute Gasteiger partial charge is 0.431 e. The van der Waals surface area contributed by atoms with Crippen LogP contribution in [-0.2, 0) is 14.3 Å². The third kappa shape index (κ3) is 2.97. The molecule has 0 radical (unpaired) electrons. The summed E-state index contributed by atoms with van der Waals surface area (Å²) in [6.07, 6.45) is 8.53. The number of ether oxygens (including phenoxy) is 1. The molecule has 2 aliphatic carbocycles. The Morgan fingerprint density at radius 3 is 2.78 bits per heavy atom. The fourth-order valence-electron chi connectivity index (χ4n) is 2.60. The Morgan fingerprint density at radius 1 is 1.50 bits per heavy atom. The first-order valence-electron chi connectivity index (χ1n) is 6.59. The van der Waals surface area contributed by atoms with Gasteiger partial charge in [-0.25, -0.2) is 0 Å². The quantitative estimate of drug-likeness (QED) is 0.719. The van der Waals surface area contributed by atoms with E-state index >= 15 is 0 Å². The van der Waals surface area contributed by atoms with Crippen LogP contribution in [0.25, 0.3) is 0 Å². The van der Waals surface area contributed by atoms with Crippen LogP contribution in [0.2, 0.25) is 0 Å². The lowest BCUT2D eigenvalue weighted by Gasteiger charge is -2.28. The zero-order chi connectivity index (χ0) is 13.2. The van der Waals surface area contributed by atoms with E-state index in [0.717, 1.165) is 12.8 Å². The summed E-state index contributed by atoms with van der Waals surface area (Å²) in [7, 11) is 0. The van der Waals surface area contributed by atoms with Gasteiger partial charge in [-0.3, -0.25) is 9.59 Å². The van der Waals surface area contributed by atoms with E-state index in [9.17, 15) is 9.59 Å². The maximum absolute atomic E-state index is 11.7. The predicted molar refractivity (Wildman–Crippen MR) is 72.3 cm³/mol. The van der Waals surface area contributed by atoms with Crippen LogP contribution in [-0.4, -0.2) is 22.8 Å². The SMILES string of the molecule is CCCC(=O)OC1=CC(=O)CC(C2(SC)CC2)C1. The van der Waals surface area contributed by atoms with Crippen LogP contribution in [0, 0.1) is 5.92 Å². The number of esters is 1. The van der Waals surface area contributed by atoms with E-state index in [0.29, 0.717) is 24.5 Å². The molecule has 18 heavy (non-hydrogen) atoms. The molecule has 3 nitrogen and oxygen atoms in total. The van der Waals surface area contributed by atoms with Gasteiger partial charge in [-0.2, -0.15) is 11.8 Å². The van der Waals surface area contributed by atoms with Gasteiger partial charge >= 0.3 is 5.97 Å². The molecule has 0 aromatic carbocycles. The Kier molecular flexibility index (Phi) is 4.15. The van der Waals surface area contributed by atoms with Crippen LogP contribution < -0.4 is 0 Å². The maximum atomic E-state index is 11.7. The monoisotopic (exact) mass is 268 g/mol. The molecule has 0 aliphatic heterocycles. The van der Waals surface area contributed by atoms with E-state index in [1.807, 2.05) is 18.7 Å². The van der Waals surface area contributed by atoms with Gasteiger partial charge < -0.3 is 4.74 Å². The van der Waals surface area contributed by atoms with E-state index < -0.39 is 0 Å². The van der Waals surface area contributed by atoms with Gasteiger partial charge in [0, 0.05) is 30.1 Å². The number of hydrogen-bond acceptors (Lipinski definition) is 4. The molecule has 0 N–H and O–H groups in total. The van der Waals surface area contributed by atoms with Gasteiger partial charge in [0.15, 0.2) is 5.78 Å². The Balaban J connectivity index is 1.99. The molecule has 0 aromatic heterocycles. The van der Waals surface area contributed by atoms with Gasteiger partial charge in [-0.05, 0) is 31.4 Å². The lowest BCUT2D eigenvalue weighted by Crippen LogP contribution is -2.26. The predicted octanol–water partition coefficient (Wildman–Crippen LogP) is 3.09. The highest BCUT2D eigenvalue weighted by Crippen LogP contribution is 2.56. The summed E-state index contributed by atoms with van der Waals surface area (Å²) in [5, 5.41) is 0. The molecule has 4 heteroatoms. The molecular formula is C14H20O3S.